The van der Waals surface area contributed by atoms with Gasteiger partial charge in [0.1, 0.15) is 11.4 Å². The SMILES string of the molecule is C[C@H]1CCCC[C@]12NC(=O)N(Cc1nc(N)nc(Nc3ccc(F)cc3)n1)C2=O. The van der Waals surface area contributed by atoms with Crippen LogP contribution >= 0.6 is 0 Å². The molecule has 4 N–H and O–H groups in total. The standard InChI is InChI=1S/C19H22FN7O2/c1-11-4-2-3-9-19(11)15(28)27(18(29)26-19)10-14-23-16(21)25-17(24-14)22-13-7-5-12(20)6-8-13/h5-8,11H,2-4,9-10H2,1H3,(H,26,29)(H3,21,22,23,24,25)/t11-,19-/m0/s1. The molecule has 2 heterocycles. The molecule has 2 aliphatic rings. The van der Waals surface area contributed by atoms with Crippen molar-refractivity contribution in [2.24, 2.45) is 5.92 Å². The van der Waals surface area contributed by atoms with Crippen LogP contribution in [0.25, 0.3) is 0 Å². The summed E-state index contributed by atoms with van der Waals surface area (Å²) in [7, 11) is 0. The van der Waals surface area contributed by atoms with Crippen LogP contribution in [-0.4, -0.2) is 37.3 Å². The van der Waals surface area contributed by atoms with Gasteiger partial charge in [0.05, 0.1) is 6.54 Å². The van der Waals surface area contributed by atoms with Gasteiger partial charge < -0.3 is 16.4 Å². The monoisotopic (exact) mass is 399 g/mol. The number of hydrogen-bond acceptors (Lipinski definition) is 7. The van der Waals surface area contributed by atoms with Crippen LogP contribution in [0.1, 0.15) is 38.4 Å². The summed E-state index contributed by atoms with van der Waals surface area (Å²) in [4.78, 5) is 39.1. The normalized spacial score (nSPS) is 24.1. The van der Waals surface area contributed by atoms with Crippen LogP contribution in [-0.2, 0) is 11.3 Å². The van der Waals surface area contributed by atoms with Gasteiger partial charge >= 0.3 is 6.03 Å². The molecule has 0 bridgehead atoms. The maximum absolute atomic E-state index is 13.1. The summed E-state index contributed by atoms with van der Waals surface area (Å²) >= 11 is 0. The molecule has 0 unspecified atom stereocenters. The molecule has 1 aromatic carbocycles. The van der Waals surface area contributed by atoms with Crippen LogP contribution in [0, 0.1) is 11.7 Å². The first-order valence-corrected chi connectivity index (χ1v) is 9.54. The van der Waals surface area contributed by atoms with Gasteiger partial charge in [-0.3, -0.25) is 9.69 Å². The van der Waals surface area contributed by atoms with E-state index in [0.717, 1.165) is 24.2 Å². The van der Waals surface area contributed by atoms with Crippen molar-refractivity contribution < 1.29 is 14.0 Å². The fourth-order valence-corrected chi connectivity index (χ4v) is 4.01. The Bertz CT molecular complexity index is 952. The Morgan fingerprint density at radius 1 is 1.24 bits per heavy atom. The number of urea groups is 1. The van der Waals surface area contributed by atoms with Crippen LogP contribution in [0.5, 0.6) is 0 Å². The van der Waals surface area contributed by atoms with E-state index in [9.17, 15) is 14.0 Å². The van der Waals surface area contributed by atoms with E-state index in [1.807, 2.05) is 6.92 Å². The summed E-state index contributed by atoms with van der Waals surface area (Å²) < 4.78 is 13.1. The Morgan fingerprint density at radius 3 is 2.72 bits per heavy atom. The minimum Gasteiger partial charge on any atom is -0.368 e. The fourth-order valence-electron chi connectivity index (χ4n) is 4.01. The average Bonchev–Trinajstić information content (AvgIpc) is 2.91. The van der Waals surface area contributed by atoms with Gasteiger partial charge in [0, 0.05) is 5.69 Å². The van der Waals surface area contributed by atoms with E-state index in [1.54, 1.807) is 0 Å². The van der Waals surface area contributed by atoms with Gasteiger partial charge in [-0.25, -0.2) is 9.18 Å². The van der Waals surface area contributed by atoms with Gasteiger partial charge in [-0.1, -0.05) is 19.8 Å². The highest BCUT2D eigenvalue weighted by molar-refractivity contribution is 6.07. The van der Waals surface area contributed by atoms with Crippen molar-refractivity contribution in [2.45, 2.75) is 44.7 Å². The van der Waals surface area contributed by atoms with Crippen molar-refractivity contribution in [3.05, 3.63) is 35.9 Å². The molecule has 1 spiro atoms. The maximum Gasteiger partial charge on any atom is 0.325 e. The second kappa shape index (κ2) is 7.26. The first kappa shape index (κ1) is 19.0. The van der Waals surface area contributed by atoms with Crippen LogP contribution in [0.15, 0.2) is 24.3 Å². The van der Waals surface area contributed by atoms with E-state index < -0.39 is 11.6 Å². The van der Waals surface area contributed by atoms with Gasteiger partial charge in [0.2, 0.25) is 11.9 Å². The summed E-state index contributed by atoms with van der Waals surface area (Å²) in [6.45, 7) is 1.89. The topological polar surface area (TPSA) is 126 Å². The maximum atomic E-state index is 13.1. The summed E-state index contributed by atoms with van der Waals surface area (Å²) in [5, 5.41) is 5.81. The number of imide groups is 1. The Hall–Kier alpha value is -3.30. The molecule has 1 aliphatic heterocycles. The zero-order valence-electron chi connectivity index (χ0n) is 16.0. The highest BCUT2D eigenvalue weighted by Crippen LogP contribution is 2.38. The predicted octanol–water partition coefficient (Wildman–Crippen LogP) is 2.34. The number of nitrogens with two attached hydrogens (primary N) is 1. The number of nitrogen functional groups attached to an aromatic ring is 1. The molecule has 10 heteroatoms. The van der Waals surface area contributed by atoms with Crippen molar-refractivity contribution in [1.82, 2.24) is 25.2 Å². The number of hydrogen-bond donors (Lipinski definition) is 3. The summed E-state index contributed by atoms with van der Waals surface area (Å²) in [6.07, 6.45) is 3.47. The second-order valence-electron chi connectivity index (χ2n) is 7.50. The minimum absolute atomic E-state index is 0.0487. The molecule has 3 amide bonds. The Balaban J connectivity index is 1.54. The van der Waals surface area contributed by atoms with Gasteiger partial charge in [-0.15, -0.1) is 0 Å². The number of nitrogens with zero attached hydrogens (tertiary/aromatic N) is 4. The number of aromatic nitrogens is 3. The second-order valence-corrected chi connectivity index (χ2v) is 7.50. The third kappa shape index (κ3) is 3.57. The van der Waals surface area contributed by atoms with Crippen LogP contribution in [0.2, 0.25) is 0 Å². The lowest BCUT2D eigenvalue weighted by Gasteiger charge is -2.36. The predicted molar refractivity (Wildman–Crippen MR) is 103 cm³/mol. The zero-order valence-corrected chi connectivity index (χ0v) is 16.0. The number of anilines is 3. The number of amides is 3. The van der Waals surface area contributed by atoms with Gasteiger partial charge in [-0.05, 0) is 43.0 Å². The van der Waals surface area contributed by atoms with Gasteiger partial charge in [-0.2, -0.15) is 15.0 Å². The fraction of sp³-hybridized carbons (Fsp3) is 0.421. The molecule has 2 atom stereocenters. The Morgan fingerprint density at radius 2 is 2.00 bits per heavy atom. The van der Waals surface area contributed by atoms with Crippen molar-refractivity contribution >= 4 is 29.5 Å². The number of nitrogens with one attached hydrogen (secondary N) is 2. The van der Waals surface area contributed by atoms with Crippen LogP contribution in [0.3, 0.4) is 0 Å². The van der Waals surface area contributed by atoms with Gasteiger partial charge in [0.25, 0.3) is 5.91 Å². The lowest BCUT2D eigenvalue weighted by molar-refractivity contribution is -0.134. The molecule has 9 nitrogen and oxygen atoms in total. The van der Waals surface area contributed by atoms with Crippen molar-refractivity contribution in [2.75, 3.05) is 11.1 Å². The van der Waals surface area contributed by atoms with E-state index in [4.69, 9.17) is 5.73 Å². The quantitative estimate of drug-likeness (QED) is 0.674. The third-order valence-corrected chi connectivity index (χ3v) is 5.60. The minimum atomic E-state index is -0.844. The third-order valence-electron chi connectivity index (χ3n) is 5.60. The van der Waals surface area contributed by atoms with E-state index in [2.05, 4.69) is 25.6 Å². The van der Waals surface area contributed by atoms with E-state index in [-0.39, 0.29) is 41.9 Å². The molecule has 2 fully saturated rings. The average molecular weight is 399 g/mol. The molecule has 1 aromatic heterocycles. The van der Waals surface area contributed by atoms with E-state index in [0.29, 0.717) is 12.1 Å². The number of carbonyl (C=O) groups excluding carboxylic acids is 2. The Kier molecular flexibility index (Phi) is 4.77. The van der Waals surface area contributed by atoms with Crippen LogP contribution in [0.4, 0.5) is 26.8 Å². The highest BCUT2D eigenvalue weighted by Gasteiger charge is 2.54. The molecule has 152 valence electrons. The molecule has 1 aliphatic carbocycles. The van der Waals surface area contributed by atoms with Crippen LogP contribution < -0.4 is 16.4 Å². The summed E-state index contributed by atoms with van der Waals surface area (Å²) in [6, 6.07) is 5.20. The number of benzene rings is 1. The highest BCUT2D eigenvalue weighted by atomic mass is 19.1. The number of carbonyl (C=O) groups is 2. The molecule has 29 heavy (non-hydrogen) atoms. The zero-order chi connectivity index (χ0) is 20.6. The summed E-state index contributed by atoms with van der Waals surface area (Å²) in [5.41, 5.74) is 5.49. The smallest absolute Gasteiger partial charge is 0.325 e. The van der Waals surface area contributed by atoms with Gasteiger partial charge in [0.15, 0.2) is 5.82 Å². The first-order valence-electron chi connectivity index (χ1n) is 9.54. The largest absolute Gasteiger partial charge is 0.368 e. The summed E-state index contributed by atoms with van der Waals surface area (Å²) in [5.74, 6) is -0.264. The molecule has 1 saturated carbocycles. The van der Waals surface area contributed by atoms with Crippen molar-refractivity contribution in [3.63, 3.8) is 0 Å². The lowest BCUT2D eigenvalue weighted by atomic mass is 9.73. The van der Waals surface area contributed by atoms with Crippen molar-refractivity contribution in [1.29, 1.82) is 0 Å². The van der Waals surface area contributed by atoms with Crippen molar-refractivity contribution in [3.8, 4) is 0 Å². The van der Waals surface area contributed by atoms with E-state index in [1.165, 1.54) is 24.3 Å². The number of rotatable bonds is 4. The molecular formula is C19H22FN7O2. The Labute approximate surface area is 166 Å². The molecular weight excluding hydrogens is 377 g/mol. The molecule has 2 aromatic rings. The lowest BCUT2D eigenvalue weighted by Crippen LogP contribution is -2.53. The molecule has 0 radical (unpaired) electrons. The number of halogens is 1. The molecule has 4 rings (SSSR count). The first-order chi connectivity index (χ1) is 13.9. The molecule has 1 saturated heterocycles. The van der Waals surface area contributed by atoms with E-state index >= 15 is 0 Å².